The number of allylic oxidation sites excluding steroid dienone is 1. The van der Waals surface area contributed by atoms with Gasteiger partial charge in [0.1, 0.15) is 0 Å². The number of carbonyl (C=O) groups is 2. The zero-order valence-corrected chi connectivity index (χ0v) is 7.00. The summed E-state index contributed by atoms with van der Waals surface area (Å²) in [5.74, 6) is -2.93. The van der Waals surface area contributed by atoms with E-state index in [2.05, 4.69) is 6.58 Å². The molecule has 0 aromatic carbocycles. The van der Waals surface area contributed by atoms with Crippen LogP contribution in [-0.4, -0.2) is 27.1 Å². The zero-order chi connectivity index (χ0) is 9.30. The number of thioether (sulfide) groups is 1. The Balaban J connectivity index is 2.84. The van der Waals surface area contributed by atoms with E-state index < -0.39 is 17.8 Å². The number of rotatable bonds is 2. The van der Waals surface area contributed by atoms with Crippen LogP contribution in [0.4, 0.5) is 0 Å². The molecular formula is C7H8O4S. The van der Waals surface area contributed by atoms with Crippen molar-refractivity contribution in [1.82, 2.24) is 0 Å². The molecule has 0 aliphatic carbocycles. The van der Waals surface area contributed by atoms with Crippen LogP contribution >= 0.6 is 11.8 Å². The molecule has 1 rings (SSSR count). The minimum atomic E-state index is -1.06. The largest absolute Gasteiger partial charge is 0.512 e. The number of carbonyl (C=O) groups excluding carboxylic acids is 1. The van der Waals surface area contributed by atoms with Crippen molar-refractivity contribution in [2.24, 2.45) is 11.8 Å². The fourth-order valence-corrected chi connectivity index (χ4v) is 2.26. The van der Waals surface area contributed by atoms with Crippen LogP contribution in [-0.2, 0) is 9.59 Å². The molecule has 1 unspecified atom stereocenters. The second kappa shape index (κ2) is 3.18. The summed E-state index contributed by atoms with van der Waals surface area (Å²) in [6.07, 6.45) is 0. The predicted molar refractivity (Wildman–Crippen MR) is 43.8 cm³/mol. The number of carboxylic acid groups (broad SMARTS) is 1. The van der Waals surface area contributed by atoms with Crippen LogP contribution in [0, 0.1) is 11.8 Å². The molecule has 66 valence electrons. The van der Waals surface area contributed by atoms with E-state index in [0.717, 1.165) is 11.8 Å². The molecule has 0 saturated carbocycles. The van der Waals surface area contributed by atoms with Gasteiger partial charge in [-0.25, -0.2) is 0 Å². The second-order valence-corrected chi connectivity index (χ2v) is 3.57. The molecule has 12 heavy (non-hydrogen) atoms. The number of aliphatic hydroxyl groups excluding tert-OH is 1. The standard InChI is InChI=1S/C7H8O4S/c1-3(8)5-4(6(9)10)2-12-7(5)11/h4-5,8H,1-2H2,(H,9,10)/t4-,5?/m1/s1. The lowest BCUT2D eigenvalue weighted by Crippen LogP contribution is -2.24. The van der Waals surface area contributed by atoms with E-state index in [4.69, 9.17) is 10.2 Å². The second-order valence-electron chi connectivity index (χ2n) is 2.54. The summed E-state index contributed by atoms with van der Waals surface area (Å²) in [6, 6.07) is 0. The van der Waals surface area contributed by atoms with Crippen LogP contribution in [0.3, 0.4) is 0 Å². The Bertz CT molecular complexity index is 248. The van der Waals surface area contributed by atoms with Gasteiger partial charge in [0, 0.05) is 5.75 Å². The van der Waals surface area contributed by atoms with Crippen molar-refractivity contribution in [2.75, 3.05) is 5.75 Å². The van der Waals surface area contributed by atoms with Gasteiger partial charge in [0.25, 0.3) is 0 Å². The van der Waals surface area contributed by atoms with E-state index in [1.54, 1.807) is 0 Å². The van der Waals surface area contributed by atoms with Crippen LogP contribution in [0.1, 0.15) is 0 Å². The van der Waals surface area contributed by atoms with Gasteiger partial charge in [-0.3, -0.25) is 9.59 Å². The van der Waals surface area contributed by atoms with Gasteiger partial charge in [-0.1, -0.05) is 18.3 Å². The average Bonchev–Trinajstić information content (AvgIpc) is 2.30. The Morgan fingerprint density at radius 2 is 2.17 bits per heavy atom. The van der Waals surface area contributed by atoms with E-state index in [0.29, 0.717) is 0 Å². The maximum atomic E-state index is 11.0. The third-order valence-electron chi connectivity index (χ3n) is 1.74. The summed E-state index contributed by atoms with van der Waals surface area (Å²) in [7, 11) is 0. The molecule has 5 heteroatoms. The molecule has 2 atom stereocenters. The Hall–Kier alpha value is -0.970. The first-order chi connectivity index (χ1) is 5.54. The maximum absolute atomic E-state index is 11.0. The Morgan fingerprint density at radius 3 is 2.50 bits per heavy atom. The SMILES string of the molecule is C=C(O)C1C(=O)SC[C@H]1C(=O)O. The Labute approximate surface area is 73.3 Å². The van der Waals surface area contributed by atoms with Gasteiger partial charge in [-0.2, -0.15) is 0 Å². The minimum absolute atomic E-state index is 0.221. The van der Waals surface area contributed by atoms with Crippen molar-refractivity contribution in [2.45, 2.75) is 0 Å². The fraction of sp³-hybridized carbons (Fsp3) is 0.429. The van der Waals surface area contributed by atoms with Gasteiger partial charge < -0.3 is 10.2 Å². The molecule has 1 aliphatic rings. The number of hydrogen-bond donors (Lipinski definition) is 2. The highest BCUT2D eigenvalue weighted by Gasteiger charge is 2.42. The van der Waals surface area contributed by atoms with Crippen molar-refractivity contribution in [3.63, 3.8) is 0 Å². The zero-order valence-electron chi connectivity index (χ0n) is 6.19. The van der Waals surface area contributed by atoms with Gasteiger partial charge in [0.15, 0.2) is 5.12 Å². The summed E-state index contributed by atoms with van der Waals surface area (Å²) in [5.41, 5.74) is 0. The Kier molecular flexibility index (Phi) is 2.42. The summed E-state index contributed by atoms with van der Waals surface area (Å²) in [6.45, 7) is 3.18. The third-order valence-corrected chi connectivity index (χ3v) is 2.80. The summed E-state index contributed by atoms with van der Waals surface area (Å²) < 4.78 is 0. The molecule has 0 amide bonds. The normalized spacial score (nSPS) is 28.8. The molecule has 1 saturated heterocycles. The number of carboxylic acids is 1. The quantitative estimate of drug-likeness (QED) is 0.622. The van der Waals surface area contributed by atoms with Gasteiger partial charge >= 0.3 is 5.97 Å². The van der Waals surface area contributed by atoms with Crippen molar-refractivity contribution in [3.8, 4) is 0 Å². The highest BCUT2D eigenvalue weighted by molar-refractivity contribution is 8.14. The average molecular weight is 188 g/mol. The number of aliphatic carboxylic acids is 1. The lowest BCUT2D eigenvalue weighted by atomic mass is 9.94. The van der Waals surface area contributed by atoms with Crippen molar-refractivity contribution >= 4 is 22.8 Å². The van der Waals surface area contributed by atoms with E-state index in [9.17, 15) is 9.59 Å². The van der Waals surface area contributed by atoms with Crippen LogP contribution in [0.25, 0.3) is 0 Å². The molecule has 0 aromatic heterocycles. The maximum Gasteiger partial charge on any atom is 0.308 e. The molecular weight excluding hydrogens is 180 g/mol. The molecule has 0 radical (unpaired) electrons. The molecule has 1 heterocycles. The van der Waals surface area contributed by atoms with Gasteiger partial charge in [0.05, 0.1) is 17.6 Å². The number of aliphatic hydroxyl groups is 1. The molecule has 0 aromatic rings. The number of hydrogen-bond acceptors (Lipinski definition) is 4. The van der Waals surface area contributed by atoms with Crippen LogP contribution < -0.4 is 0 Å². The highest BCUT2D eigenvalue weighted by Crippen LogP contribution is 2.34. The first-order valence-corrected chi connectivity index (χ1v) is 4.30. The van der Waals surface area contributed by atoms with E-state index in [1.807, 2.05) is 0 Å². The topological polar surface area (TPSA) is 74.6 Å². The van der Waals surface area contributed by atoms with Gasteiger partial charge in [0.2, 0.25) is 0 Å². The van der Waals surface area contributed by atoms with Crippen molar-refractivity contribution < 1.29 is 19.8 Å². The van der Waals surface area contributed by atoms with Crippen LogP contribution in [0.5, 0.6) is 0 Å². The molecule has 4 nitrogen and oxygen atoms in total. The molecule has 1 fully saturated rings. The van der Waals surface area contributed by atoms with Crippen molar-refractivity contribution in [1.29, 1.82) is 0 Å². The van der Waals surface area contributed by atoms with Crippen LogP contribution in [0.2, 0.25) is 0 Å². The monoisotopic (exact) mass is 188 g/mol. The molecule has 0 bridgehead atoms. The van der Waals surface area contributed by atoms with E-state index in [1.165, 1.54) is 0 Å². The first kappa shape index (κ1) is 9.12. The van der Waals surface area contributed by atoms with Crippen LogP contribution in [0.15, 0.2) is 12.3 Å². The first-order valence-electron chi connectivity index (χ1n) is 3.31. The lowest BCUT2D eigenvalue weighted by molar-refractivity contribution is -0.143. The summed E-state index contributed by atoms with van der Waals surface area (Å²) in [5, 5.41) is 17.3. The fourth-order valence-electron chi connectivity index (χ4n) is 1.10. The van der Waals surface area contributed by atoms with Gasteiger partial charge in [-0.15, -0.1) is 0 Å². The Morgan fingerprint density at radius 1 is 1.58 bits per heavy atom. The summed E-state index contributed by atoms with van der Waals surface area (Å²) in [4.78, 5) is 21.6. The highest BCUT2D eigenvalue weighted by atomic mass is 32.2. The molecule has 1 aliphatic heterocycles. The minimum Gasteiger partial charge on any atom is -0.512 e. The van der Waals surface area contributed by atoms with E-state index in [-0.39, 0.29) is 16.6 Å². The third kappa shape index (κ3) is 1.45. The smallest absolute Gasteiger partial charge is 0.308 e. The molecule has 0 spiro atoms. The molecule has 2 N–H and O–H groups in total. The summed E-state index contributed by atoms with van der Waals surface area (Å²) >= 11 is 0.930. The van der Waals surface area contributed by atoms with E-state index >= 15 is 0 Å². The van der Waals surface area contributed by atoms with Crippen molar-refractivity contribution in [3.05, 3.63) is 12.3 Å². The predicted octanol–water partition coefficient (Wildman–Crippen LogP) is 0.648. The van der Waals surface area contributed by atoms with Gasteiger partial charge in [-0.05, 0) is 0 Å². The lowest BCUT2D eigenvalue weighted by Gasteiger charge is -2.10.